The highest BCUT2D eigenvalue weighted by Gasteiger charge is 2.29. The molecule has 0 bridgehead atoms. The van der Waals surface area contributed by atoms with E-state index >= 15 is 0 Å². The van der Waals surface area contributed by atoms with Gasteiger partial charge in [-0.25, -0.2) is 9.55 Å². The number of nitrogens with zero attached hydrogens (tertiary/aromatic N) is 3. The first-order valence-corrected chi connectivity index (χ1v) is 8.88. The van der Waals surface area contributed by atoms with Crippen LogP contribution in [-0.4, -0.2) is 9.38 Å². The lowest BCUT2D eigenvalue weighted by molar-refractivity contribution is -0.658. The molecular weight excluding hydrogens is 338 g/mol. The molecule has 0 atom stereocenters. The summed E-state index contributed by atoms with van der Waals surface area (Å²) < 4.78 is 16.4. The Morgan fingerprint density at radius 2 is 1.85 bits per heavy atom. The van der Waals surface area contributed by atoms with E-state index in [0.717, 1.165) is 50.1 Å². The molecule has 0 saturated heterocycles. The number of aromatic nitrogens is 3. The van der Waals surface area contributed by atoms with Crippen molar-refractivity contribution in [1.29, 1.82) is 0 Å². The second-order valence-corrected chi connectivity index (χ2v) is 6.90. The average Bonchev–Trinajstić information content (AvgIpc) is 3.31. The van der Waals surface area contributed by atoms with E-state index in [4.69, 9.17) is 8.83 Å². The number of hydrogen-bond donors (Lipinski definition) is 0. The zero-order valence-electron chi connectivity index (χ0n) is 14.9. The average molecular weight is 354 g/mol. The number of aryl methyl sites for hydroxylation is 2. The maximum absolute atomic E-state index is 6.31. The SMILES string of the molecule is Cc1ccc2c(oc3ccccc32)c1-c1n2c(c[n+]1C)oc1ncccc12. The lowest BCUT2D eigenvalue weighted by Crippen LogP contribution is -2.28. The number of imidazole rings is 1. The molecule has 2 aromatic carbocycles. The second-order valence-electron chi connectivity index (χ2n) is 6.90. The highest BCUT2D eigenvalue weighted by atomic mass is 16.4. The molecule has 0 unspecified atom stereocenters. The Kier molecular flexibility index (Phi) is 2.68. The summed E-state index contributed by atoms with van der Waals surface area (Å²) in [5, 5.41) is 2.25. The van der Waals surface area contributed by atoms with E-state index in [2.05, 4.69) is 39.1 Å². The predicted molar refractivity (Wildman–Crippen MR) is 104 cm³/mol. The van der Waals surface area contributed by atoms with Crippen LogP contribution < -0.4 is 4.57 Å². The maximum atomic E-state index is 6.31. The molecule has 0 aliphatic rings. The summed E-state index contributed by atoms with van der Waals surface area (Å²) in [5.74, 6) is 1.01. The summed E-state index contributed by atoms with van der Waals surface area (Å²) in [4.78, 5) is 4.35. The topological polar surface area (TPSA) is 47.5 Å². The number of oxazole rings is 1. The Bertz CT molecular complexity index is 1500. The fourth-order valence-corrected chi connectivity index (χ4v) is 4.04. The third kappa shape index (κ3) is 1.83. The minimum atomic E-state index is 0.629. The molecule has 6 aromatic rings. The summed E-state index contributed by atoms with van der Waals surface area (Å²) in [7, 11) is 2.03. The van der Waals surface area contributed by atoms with Gasteiger partial charge in [-0.15, -0.1) is 0 Å². The van der Waals surface area contributed by atoms with E-state index in [9.17, 15) is 0 Å². The normalized spacial score (nSPS) is 12.1. The summed E-state index contributed by atoms with van der Waals surface area (Å²) in [5.41, 5.74) is 6.33. The molecule has 0 saturated carbocycles. The van der Waals surface area contributed by atoms with Crippen molar-refractivity contribution >= 4 is 38.9 Å². The van der Waals surface area contributed by atoms with Gasteiger partial charge in [-0.2, -0.15) is 4.40 Å². The van der Waals surface area contributed by atoms with Gasteiger partial charge in [0.1, 0.15) is 11.1 Å². The zero-order chi connectivity index (χ0) is 18.1. The minimum absolute atomic E-state index is 0.629. The van der Waals surface area contributed by atoms with E-state index in [1.165, 1.54) is 0 Å². The molecule has 27 heavy (non-hydrogen) atoms. The molecular formula is C22H16N3O2+. The fraction of sp³-hybridized carbons (Fsp3) is 0.0909. The van der Waals surface area contributed by atoms with Crippen LogP contribution in [-0.2, 0) is 7.05 Å². The Labute approximate surface area is 154 Å². The van der Waals surface area contributed by atoms with Gasteiger partial charge in [-0.1, -0.05) is 30.3 Å². The first kappa shape index (κ1) is 14.6. The number of furan rings is 1. The molecule has 0 fully saturated rings. The van der Waals surface area contributed by atoms with Crippen LogP contribution in [0.1, 0.15) is 5.56 Å². The van der Waals surface area contributed by atoms with Crippen molar-refractivity contribution in [3.05, 3.63) is 66.5 Å². The Balaban J connectivity index is 1.83. The molecule has 6 rings (SSSR count). The van der Waals surface area contributed by atoms with Crippen LogP contribution in [0.2, 0.25) is 0 Å². The van der Waals surface area contributed by atoms with Gasteiger partial charge >= 0.3 is 11.5 Å². The summed E-state index contributed by atoms with van der Waals surface area (Å²) >= 11 is 0. The van der Waals surface area contributed by atoms with Gasteiger partial charge in [-0.05, 0) is 30.7 Å². The molecule has 4 aromatic heterocycles. The van der Waals surface area contributed by atoms with Crippen LogP contribution in [0.15, 0.2) is 69.8 Å². The second kappa shape index (κ2) is 4.98. The van der Waals surface area contributed by atoms with Crippen molar-refractivity contribution < 1.29 is 13.4 Å². The highest BCUT2D eigenvalue weighted by molar-refractivity contribution is 6.09. The molecule has 4 heterocycles. The van der Waals surface area contributed by atoms with Crippen molar-refractivity contribution in [1.82, 2.24) is 9.38 Å². The first-order chi connectivity index (χ1) is 13.2. The van der Waals surface area contributed by atoms with Gasteiger partial charge < -0.3 is 8.83 Å². The molecule has 0 radical (unpaired) electrons. The lowest BCUT2D eigenvalue weighted by atomic mass is 10.0. The Hall–Kier alpha value is -3.60. The standard InChI is InChI=1S/C22H16N3O2/c1-13-9-10-15-14-6-3-4-8-17(14)26-20(15)19(13)22-24(2)12-18-25(22)16-7-5-11-23-21(16)27-18/h3-12H,1-2H3/q+1. The molecule has 0 N–H and O–H groups in total. The number of hydrogen-bond acceptors (Lipinski definition) is 3. The van der Waals surface area contributed by atoms with Crippen molar-refractivity contribution in [2.75, 3.05) is 0 Å². The third-order valence-electron chi connectivity index (χ3n) is 5.24. The van der Waals surface area contributed by atoms with Crippen molar-refractivity contribution in [3.63, 3.8) is 0 Å². The van der Waals surface area contributed by atoms with Crippen LogP contribution in [0.4, 0.5) is 0 Å². The number of pyridine rings is 1. The van der Waals surface area contributed by atoms with Crippen molar-refractivity contribution in [2.45, 2.75) is 6.92 Å². The number of fused-ring (bicyclic) bond motifs is 6. The van der Waals surface area contributed by atoms with Crippen molar-refractivity contribution in [2.24, 2.45) is 7.05 Å². The molecule has 0 aliphatic carbocycles. The van der Waals surface area contributed by atoms with Gasteiger partial charge in [0.25, 0.3) is 5.71 Å². The first-order valence-electron chi connectivity index (χ1n) is 8.88. The molecule has 5 nitrogen and oxygen atoms in total. The molecule has 5 heteroatoms. The predicted octanol–water partition coefficient (Wildman–Crippen LogP) is 4.78. The van der Waals surface area contributed by atoms with Crippen LogP contribution in [0.5, 0.6) is 0 Å². The maximum Gasteiger partial charge on any atom is 0.337 e. The zero-order valence-corrected chi connectivity index (χ0v) is 14.9. The van der Waals surface area contributed by atoms with Crippen LogP contribution in [0, 0.1) is 6.92 Å². The number of rotatable bonds is 1. The van der Waals surface area contributed by atoms with Gasteiger partial charge in [0.15, 0.2) is 17.3 Å². The summed E-state index contributed by atoms with van der Waals surface area (Å²) in [6.07, 6.45) is 3.73. The third-order valence-corrected chi connectivity index (χ3v) is 5.24. The molecule has 0 amide bonds. The van der Waals surface area contributed by atoms with E-state index in [1.807, 2.05) is 43.6 Å². The van der Waals surface area contributed by atoms with E-state index in [0.29, 0.717) is 5.71 Å². The van der Waals surface area contributed by atoms with Gasteiger partial charge in [0.05, 0.1) is 7.05 Å². The largest absolute Gasteiger partial charge is 0.455 e. The Morgan fingerprint density at radius 1 is 0.963 bits per heavy atom. The van der Waals surface area contributed by atoms with E-state index in [1.54, 1.807) is 6.20 Å². The van der Waals surface area contributed by atoms with Crippen LogP contribution in [0.3, 0.4) is 0 Å². The van der Waals surface area contributed by atoms with Crippen molar-refractivity contribution in [3.8, 4) is 11.4 Å². The fourth-order valence-electron chi connectivity index (χ4n) is 4.04. The smallest absolute Gasteiger partial charge is 0.337 e. The molecule has 130 valence electrons. The van der Waals surface area contributed by atoms with Crippen LogP contribution >= 0.6 is 0 Å². The lowest BCUT2D eigenvalue weighted by Gasteiger charge is -2.03. The van der Waals surface area contributed by atoms with E-state index in [-0.39, 0.29) is 0 Å². The van der Waals surface area contributed by atoms with Gasteiger partial charge in [0.2, 0.25) is 0 Å². The van der Waals surface area contributed by atoms with Gasteiger partial charge in [-0.3, -0.25) is 0 Å². The highest BCUT2D eigenvalue weighted by Crippen LogP contribution is 2.37. The Morgan fingerprint density at radius 3 is 2.78 bits per heavy atom. The van der Waals surface area contributed by atoms with Crippen LogP contribution in [0.25, 0.3) is 50.3 Å². The monoisotopic (exact) mass is 354 g/mol. The minimum Gasteiger partial charge on any atom is -0.455 e. The summed E-state index contributed by atoms with van der Waals surface area (Å²) in [6.45, 7) is 2.11. The molecule has 0 spiro atoms. The van der Waals surface area contributed by atoms with E-state index < -0.39 is 0 Å². The number of benzene rings is 2. The number of para-hydroxylation sites is 1. The van der Waals surface area contributed by atoms with Gasteiger partial charge in [0, 0.05) is 17.0 Å². The summed E-state index contributed by atoms with van der Waals surface area (Å²) in [6, 6.07) is 16.4. The molecule has 0 aliphatic heterocycles. The quantitative estimate of drug-likeness (QED) is 0.399.